The summed E-state index contributed by atoms with van der Waals surface area (Å²) in [5.74, 6) is 0.643. The van der Waals surface area contributed by atoms with Gasteiger partial charge in [0.1, 0.15) is 22.3 Å². The van der Waals surface area contributed by atoms with Crippen molar-refractivity contribution in [3.05, 3.63) is 164 Å². The van der Waals surface area contributed by atoms with Crippen molar-refractivity contribution in [2.24, 2.45) is 0 Å². The summed E-state index contributed by atoms with van der Waals surface area (Å²) in [7, 11) is 0. The van der Waals surface area contributed by atoms with Gasteiger partial charge in [0, 0.05) is 43.8 Å². The summed E-state index contributed by atoms with van der Waals surface area (Å²) in [6.45, 7) is 0. The van der Waals surface area contributed by atoms with E-state index in [4.69, 9.17) is 23.8 Å². The molecule has 4 heterocycles. The number of hydrogen-bond donors (Lipinski definition) is 0. The third-order valence-corrected chi connectivity index (χ3v) is 10.1. The lowest BCUT2D eigenvalue weighted by molar-refractivity contribution is 0.669. The summed E-state index contributed by atoms with van der Waals surface area (Å²) in [5.41, 5.74) is 10.8. The molecule has 4 aromatic heterocycles. The van der Waals surface area contributed by atoms with Gasteiger partial charge in [-0.3, -0.25) is 0 Å². The smallest absolute Gasteiger partial charge is 0.161 e. The molecular formula is C47H27N3O2. The van der Waals surface area contributed by atoms with Gasteiger partial charge in [0.25, 0.3) is 0 Å². The van der Waals surface area contributed by atoms with Crippen LogP contribution in [0.25, 0.3) is 111 Å². The highest BCUT2D eigenvalue weighted by Gasteiger charge is 2.20. The number of aromatic nitrogens is 3. The molecule has 242 valence electrons. The molecule has 0 unspecified atom stereocenters. The molecule has 0 fully saturated rings. The van der Waals surface area contributed by atoms with Crippen LogP contribution in [0.1, 0.15) is 0 Å². The number of fused-ring (bicyclic) bond motifs is 9. The van der Waals surface area contributed by atoms with Gasteiger partial charge in [0.15, 0.2) is 5.82 Å². The molecule has 11 rings (SSSR count). The molecule has 5 heteroatoms. The summed E-state index contributed by atoms with van der Waals surface area (Å²) in [6, 6.07) is 56.0. The van der Waals surface area contributed by atoms with Crippen LogP contribution in [0, 0.1) is 0 Å². The Morgan fingerprint density at radius 1 is 0.385 bits per heavy atom. The Morgan fingerprint density at radius 3 is 1.83 bits per heavy atom. The fourth-order valence-corrected chi connectivity index (χ4v) is 7.68. The van der Waals surface area contributed by atoms with Crippen LogP contribution in [0.2, 0.25) is 0 Å². The van der Waals surface area contributed by atoms with Gasteiger partial charge >= 0.3 is 0 Å². The lowest BCUT2D eigenvalue weighted by Gasteiger charge is -2.12. The lowest BCUT2D eigenvalue weighted by atomic mass is 9.98. The van der Waals surface area contributed by atoms with Crippen molar-refractivity contribution in [2.75, 3.05) is 0 Å². The average Bonchev–Trinajstić information content (AvgIpc) is 3.80. The molecule has 0 spiro atoms. The first-order chi connectivity index (χ1) is 25.8. The first-order valence-corrected chi connectivity index (χ1v) is 17.4. The fraction of sp³-hybridized carbons (Fsp3) is 0. The number of para-hydroxylation sites is 3. The predicted molar refractivity (Wildman–Crippen MR) is 211 cm³/mol. The third kappa shape index (κ3) is 4.39. The molecule has 5 nitrogen and oxygen atoms in total. The topological polar surface area (TPSA) is 65.0 Å². The molecule has 52 heavy (non-hydrogen) atoms. The van der Waals surface area contributed by atoms with Crippen LogP contribution < -0.4 is 0 Å². The summed E-state index contributed by atoms with van der Waals surface area (Å²) >= 11 is 0. The van der Waals surface area contributed by atoms with Gasteiger partial charge in [-0.15, -0.1) is 0 Å². The molecular weight excluding hydrogens is 639 g/mol. The van der Waals surface area contributed by atoms with E-state index in [0.29, 0.717) is 5.82 Å². The number of rotatable bonds is 4. The predicted octanol–water partition coefficient (Wildman–Crippen LogP) is 12.6. The molecule has 0 radical (unpaired) electrons. The van der Waals surface area contributed by atoms with Gasteiger partial charge in [0.05, 0.1) is 28.0 Å². The van der Waals surface area contributed by atoms with Crippen LogP contribution in [0.5, 0.6) is 0 Å². The highest BCUT2D eigenvalue weighted by molar-refractivity contribution is 6.19. The van der Waals surface area contributed by atoms with E-state index >= 15 is 0 Å². The van der Waals surface area contributed by atoms with E-state index in [9.17, 15) is 0 Å². The second kappa shape index (κ2) is 11.2. The molecule has 0 N–H and O–H groups in total. The summed E-state index contributed by atoms with van der Waals surface area (Å²) < 4.78 is 12.7. The van der Waals surface area contributed by atoms with Gasteiger partial charge in [-0.1, -0.05) is 127 Å². The Balaban J connectivity index is 1.12. The van der Waals surface area contributed by atoms with E-state index in [0.717, 1.165) is 105 Å². The van der Waals surface area contributed by atoms with Crippen molar-refractivity contribution in [1.29, 1.82) is 0 Å². The molecule has 0 bridgehead atoms. The zero-order valence-corrected chi connectivity index (χ0v) is 27.7. The summed E-state index contributed by atoms with van der Waals surface area (Å²) in [4.78, 5) is 15.7. The van der Waals surface area contributed by atoms with E-state index in [1.807, 2.05) is 66.7 Å². The Kier molecular flexibility index (Phi) is 6.18. The number of pyridine rings is 1. The Bertz CT molecular complexity index is 3190. The van der Waals surface area contributed by atoms with Crippen molar-refractivity contribution in [1.82, 2.24) is 15.0 Å². The van der Waals surface area contributed by atoms with E-state index < -0.39 is 0 Å². The maximum Gasteiger partial charge on any atom is 0.161 e. The summed E-state index contributed by atoms with van der Waals surface area (Å²) in [6.07, 6.45) is 0. The number of furan rings is 2. The molecule has 0 amide bonds. The number of hydrogen-bond acceptors (Lipinski definition) is 5. The average molecular weight is 666 g/mol. The minimum absolute atomic E-state index is 0.643. The van der Waals surface area contributed by atoms with Crippen molar-refractivity contribution >= 4 is 65.6 Å². The summed E-state index contributed by atoms with van der Waals surface area (Å²) in [5, 5.41) is 7.42. The van der Waals surface area contributed by atoms with Crippen molar-refractivity contribution in [2.45, 2.75) is 0 Å². The molecule has 0 saturated heterocycles. The van der Waals surface area contributed by atoms with Crippen LogP contribution in [0.3, 0.4) is 0 Å². The number of benzene rings is 7. The molecule has 0 saturated carbocycles. The highest BCUT2D eigenvalue weighted by atomic mass is 16.3. The van der Waals surface area contributed by atoms with E-state index in [1.165, 1.54) is 0 Å². The van der Waals surface area contributed by atoms with Crippen LogP contribution in [-0.2, 0) is 0 Å². The quantitative estimate of drug-likeness (QED) is 0.187. The second-order valence-corrected chi connectivity index (χ2v) is 13.1. The molecule has 0 aliphatic heterocycles. The SMILES string of the molecule is c1ccc2c(-c3cc(-c4ccc(-c5nc6ccccc6c6oc7ccccc7c56)cc4)nc(-c4cccc5oc6ccccc6c45)n3)cccc2c1. The normalized spacial score (nSPS) is 11.8. The molecule has 7 aromatic carbocycles. The van der Waals surface area contributed by atoms with E-state index in [-0.39, 0.29) is 0 Å². The monoisotopic (exact) mass is 665 g/mol. The fourth-order valence-electron chi connectivity index (χ4n) is 7.68. The van der Waals surface area contributed by atoms with Crippen LogP contribution in [-0.4, -0.2) is 15.0 Å². The number of nitrogens with zero attached hydrogens (tertiary/aromatic N) is 3. The van der Waals surface area contributed by atoms with Crippen LogP contribution >= 0.6 is 0 Å². The minimum atomic E-state index is 0.643. The minimum Gasteiger partial charge on any atom is -0.456 e. The molecule has 11 aromatic rings. The first kappa shape index (κ1) is 28.7. The van der Waals surface area contributed by atoms with Crippen molar-refractivity contribution in [3.63, 3.8) is 0 Å². The molecule has 0 aliphatic carbocycles. The maximum absolute atomic E-state index is 6.45. The van der Waals surface area contributed by atoms with Gasteiger partial charge in [-0.2, -0.15) is 0 Å². The zero-order chi connectivity index (χ0) is 34.2. The van der Waals surface area contributed by atoms with Crippen molar-refractivity contribution < 1.29 is 8.83 Å². The Hall–Kier alpha value is -7.11. The van der Waals surface area contributed by atoms with Crippen molar-refractivity contribution in [3.8, 4) is 45.2 Å². The van der Waals surface area contributed by atoms with E-state index in [2.05, 4.69) is 97.1 Å². The third-order valence-electron chi connectivity index (χ3n) is 10.1. The largest absolute Gasteiger partial charge is 0.456 e. The van der Waals surface area contributed by atoms with Crippen LogP contribution in [0.15, 0.2) is 173 Å². The molecule has 0 atom stereocenters. The van der Waals surface area contributed by atoms with Gasteiger partial charge in [0.2, 0.25) is 0 Å². The zero-order valence-electron chi connectivity index (χ0n) is 27.7. The standard InChI is InChI=1S/C47H27N3O2/c1-2-13-31-28(11-1)12-9-17-32(31)39-27-38(49-47(50-39)36-18-10-22-42-43(36)34-15-4-7-20-40(34)51-42)29-23-25-30(26-24-29)45-44-35-16-5-8-21-41(35)52-46(44)33-14-3-6-19-37(33)48-45/h1-27H. The van der Waals surface area contributed by atoms with Gasteiger partial charge in [-0.05, 0) is 47.2 Å². The first-order valence-electron chi connectivity index (χ1n) is 17.4. The lowest BCUT2D eigenvalue weighted by Crippen LogP contribution is -1.97. The van der Waals surface area contributed by atoms with E-state index in [1.54, 1.807) is 0 Å². The maximum atomic E-state index is 6.45. The molecule has 0 aliphatic rings. The highest BCUT2D eigenvalue weighted by Crippen LogP contribution is 2.41. The van der Waals surface area contributed by atoms with Crippen LogP contribution in [0.4, 0.5) is 0 Å². The second-order valence-electron chi connectivity index (χ2n) is 13.1. The Morgan fingerprint density at radius 2 is 0.981 bits per heavy atom. The Labute approximate surface area is 297 Å². The van der Waals surface area contributed by atoms with Gasteiger partial charge < -0.3 is 8.83 Å². The van der Waals surface area contributed by atoms with Gasteiger partial charge in [-0.25, -0.2) is 15.0 Å².